The van der Waals surface area contributed by atoms with Crippen molar-refractivity contribution in [2.45, 2.75) is 19.8 Å². The van der Waals surface area contributed by atoms with E-state index in [1.807, 2.05) is 48.5 Å². The van der Waals surface area contributed by atoms with Gasteiger partial charge in [0.15, 0.2) is 6.61 Å². The molecule has 0 saturated carbocycles. The SMILES string of the molecule is CCOC(=O)C1CCN(C(=O)COC(=O)c2cn(-c3ccccc3)nc2-c2ccccc2OC)CC1. The standard InChI is InChI=1S/C27H29N3O6/c1-3-35-26(32)19-13-15-29(16-14-19)24(31)18-36-27(33)22-17-30(20-9-5-4-6-10-20)28-25(22)21-11-7-8-12-23(21)34-2/h4-12,17,19H,3,13-16,18H2,1-2H3. The van der Waals surface area contributed by atoms with E-state index >= 15 is 0 Å². The van der Waals surface area contributed by atoms with Gasteiger partial charge in [-0.2, -0.15) is 5.10 Å². The molecular weight excluding hydrogens is 462 g/mol. The van der Waals surface area contributed by atoms with Crippen molar-refractivity contribution >= 4 is 17.8 Å². The summed E-state index contributed by atoms with van der Waals surface area (Å²) in [6.45, 7) is 2.54. The molecule has 1 aromatic heterocycles. The quantitative estimate of drug-likeness (QED) is 0.445. The number of nitrogens with zero attached hydrogens (tertiary/aromatic N) is 3. The molecule has 0 unspecified atom stereocenters. The van der Waals surface area contributed by atoms with Crippen molar-refractivity contribution in [3.8, 4) is 22.7 Å². The smallest absolute Gasteiger partial charge is 0.342 e. The Morgan fingerprint density at radius 2 is 1.67 bits per heavy atom. The van der Waals surface area contributed by atoms with Crippen LogP contribution in [0.2, 0.25) is 0 Å². The molecule has 0 N–H and O–H groups in total. The third-order valence-electron chi connectivity index (χ3n) is 6.11. The number of hydrogen-bond donors (Lipinski definition) is 0. The zero-order chi connectivity index (χ0) is 25.5. The molecule has 1 aliphatic heterocycles. The second-order valence-electron chi connectivity index (χ2n) is 8.36. The van der Waals surface area contributed by atoms with E-state index in [4.69, 9.17) is 14.2 Å². The summed E-state index contributed by atoms with van der Waals surface area (Å²) in [5, 5.41) is 4.63. The molecule has 1 saturated heterocycles. The molecule has 0 bridgehead atoms. The van der Waals surface area contributed by atoms with E-state index in [1.165, 1.54) is 0 Å². The number of methoxy groups -OCH3 is 1. The zero-order valence-corrected chi connectivity index (χ0v) is 20.4. The molecule has 4 rings (SSSR count). The lowest BCUT2D eigenvalue weighted by Gasteiger charge is -2.30. The number of aromatic nitrogens is 2. The summed E-state index contributed by atoms with van der Waals surface area (Å²) in [5.74, 6) is -0.836. The summed E-state index contributed by atoms with van der Waals surface area (Å²) in [5.41, 5.74) is 2.02. The first-order chi connectivity index (χ1) is 17.5. The Labute approximate surface area is 209 Å². The second-order valence-corrected chi connectivity index (χ2v) is 8.36. The maximum Gasteiger partial charge on any atom is 0.342 e. The first kappa shape index (κ1) is 25.0. The van der Waals surface area contributed by atoms with Gasteiger partial charge in [-0.05, 0) is 44.0 Å². The highest BCUT2D eigenvalue weighted by atomic mass is 16.5. The number of rotatable bonds is 8. The predicted octanol–water partition coefficient (Wildman–Crippen LogP) is 3.51. The summed E-state index contributed by atoms with van der Waals surface area (Å²) in [4.78, 5) is 39.4. The third kappa shape index (κ3) is 5.56. The van der Waals surface area contributed by atoms with Gasteiger partial charge in [0.05, 0.1) is 25.3 Å². The van der Waals surface area contributed by atoms with Gasteiger partial charge in [0.25, 0.3) is 5.91 Å². The fraction of sp³-hybridized carbons (Fsp3) is 0.333. The van der Waals surface area contributed by atoms with Crippen LogP contribution in [0.5, 0.6) is 5.75 Å². The predicted molar refractivity (Wildman–Crippen MR) is 132 cm³/mol. The van der Waals surface area contributed by atoms with Crippen LogP contribution in [0.4, 0.5) is 0 Å². The van der Waals surface area contributed by atoms with Crippen LogP contribution in [-0.4, -0.2) is 65.9 Å². The molecule has 0 radical (unpaired) electrons. The van der Waals surface area contributed by atoms with E-state index in [2.05, 4.69) is 5.10 Å². The second kappa shape index (κ2) is 11.5. The monoisotopic (exact) mass is 491 g/mol. The number of benzene rings is 2. The molecule has 9 nitrogen and oxygen atoms in total. The Morgan fingerprint density at radius 3 is 2.36 bits per heavy atom. The fourth-order valence-corrected chi connectivity index (χ4v) is 4.20. The fourth-order valence-electron chi connectivity index (χ4n) is 4.20. The minimum atomic E-state index is -0.659. The van der Waals surface area contributed by atoms with Crippen LogP contribution in [0.3, 0.4) is 0 Å². The van der Waals surface area contributed by atoms with Gasteiger partial charge in [0, 0.05) is 24.8 Å². The Morgan fingerprint density at radius 1 is 0.972 bits per heavy atom. The topological polar surface area (TPSA) is 100.0 Å². The molecule has 2 heterocycles. The lowest BCUT2D eigenvalue weighted by Crippen LogP contribution is -2.42. The zero-order valence-electron chi connectivity index (χ0n) is 20.4. The molecule has 0 aliphatic carbocycles. The average Bonchev–Trinajstić information content (AvgIpc) is 3.38. The number of hydrogen-bond acceptors (Lipinski definition) is 7. The molecule has 188 valence electrons. The van der Waals surface area contributed by atoms with E-state index in [0.717, 1.165) is 5.69 Å². The number of para-hydroxylation sites is 2. The van der Waals surface area contributed by atoms with Gasteiger partial charge in [0.1, 0.15) is 17.0 Å². The van der Waals surface area contributed by atoms with Crippen LogP contribution >= 0.6 is 0 Å². The van der Waals surface area contributed by atoms with Crippen molar-refractivity contribution in [1.29, 1.82) is 0 Å². The maximum atomic E-state index is 13.1. The highest BCUT2D eigenvalue weighted by Gasteiger charge is 2.29. The van der Waals surface area contributed by atoms with E-state index in [-0.39, 0.29) is 23.4 Å². The number of carbonyl (C=O) groups is 3. The minimum absolute atomic E-state index is 0.205. The summed E-state index contributed by atoms with van der Waals surface area (Å²) < 4.78 is 17.6. The van der Waals surface area contributed by atoms with Crippen molar-refractivity contribution in [3.05, 3.63) is 66.4 Å². The van der Waals surface area contributed by atoms with Crippen LogP contribution in [-0.2, 0) is 19.1 Å². The lowest BCUT2D eigenvalue weighted by atomic mass is 9.97. The number of ether oxygens (including phenoxy) is 3. The first-order valence-corrected chi connectivity index (χ1v) is 11.9. The first-order valence-electron chi connectivity index (χ1n) is 11.9. The van der Waals surface area contributed by atoms with Crippen molar-refractivity contribution < 1.29 is 28.6 Å². The Balaban J connectivity index is 1.48. The number of carbonyl (C=O) groups excluding carboxylic acids is 3. The molecule has 0 spiro atoms. The normalized spacial score (nSPS) is 13.8. The van der Waals surface area contributed by atoms with Gasteiger partial charge in [-0.15, -0.1) is 0 Å². The Hall–Kier alpha value is -4.14. The largest absolute Gasteiger partial charge is 0.496 e. The van der Waals surface area contributed by atoms with Crippen molar-refractivity contribution in [2.24, 2.45) is 5.92 Å². The van der Waals surface area contributed by atoms with Crippen LogP contribution in [0.15, 0.2) is 60.8 Å². The summed E-state index contributed by atoms with van der Waals surface area (Å²) >= 11 is 0. The van der Waals surface area contributed by atoms with Gasteiger partial charge < -0.3 is 19.1 Å². The van der Waals surface area contributed by atoms with Crippen LogP contribution < -0.4 is 4.74 Å². The van der Waals surface area contributed by atoms with Crippen LogP contribution in [0.1, 0.15) is 30.1 Å². The minimum Gasteiger partial charge on any atom is -0.496 e. The number of piperidine rings is 1. The van der Waals surface area contributed by atoms with Crippen molar-refractivity contribution in [2.75, 3.05) is 33.4 Å². The van der Waals surface area contributed by atoms with E-state index in [1.54, 1.807) is 35.9 Å². The van der Waals surface area contributed by atoms with Gasteiger partial charge in [0.2, 0.25) is 0 Å². The molecule has 1 fully saturated rings. The van der Waals surface area contributed by atoms with Gasteiger partial charge in [-0.3, -0.25) is 9.59 Å². The maximum absolute atomic E-state index is 13.1. The van der Waals surface area contributed by atoms with Gasteiger partial charge in [-0.25, -0.2) is 9.48 Å². The molecule has 9 heteroatoms. The van der Waals surface area contributed by atoms with Crippen LogP contribution in [0.25, 0.3) is 16.9 Å². The summed E-state index contributed by atoms with van der Waals surface area (Å²) in [6, 6.07) is 16.7. The van der Waals surface area contributed by atoms with E-state index in [9.17, 15) is 14.4 Å². The molecule has 2 aromatic carbocycles. The molecular formula is C27H29N3O6. The molecule has 3 aromatic rings. The van der Waals surface area contributed by atoms with Gasteiger partial charge in [-0.1, -0.05) is 30.3 Å². The van der Waals surface area contributed by atoms with Crippen molar-refractivity contribution in [3.63, 3.8) is 0 Å². The van der Waals surface area contributed by atoms with Crippen LogP contribution in [0, 0.1) is 5.92 Å². The molecule has 1 aliphatic rings. The van der Waals surface area contributed by atoms with E-state index < -0.39 is 12.6 Å². The lowest BCUT2D eigenvalue weighted by molar-refractivity contribution is -0.151. The molecule has 1 amide bonds. The Bertz CT molecular complexity index is 1220. The third-order valence-corrected chi connectivity index (χ3v) is 6.11. The average molecular weight is 492 g/mol. The van der Waals surface area contributed by atoms with Gasteiger partial charge >= 0.3 is 11.9 Å². The number of likely N-dealkylation sites (tertiary alicyclic amines) is 1. The number of esters is 2. The highest BCUT2D eigenvalue weighted by Crippen LogP contribution is 2.32. The summed E-state index contributed by atoms with van der Waals surface area (Å²) in [6.07, 6.45) is 2.65. The van der Waals surface area contributed by atoms with E-state index in [0.29, 0.717) is 49.5 Å². The Kier molecular flexibility index (Phi) is 7.99. The van der Waals surface area contributed by atoms with Crippen molar-refractivity contribution in [1.82, 2.24) is 14.7 Å². The molecule has 36 heavy (non-hydrogen) atoms. The number of amides is 1. The molecule has 0 atom stereocenters. The summed E-state index contributed by atoms with van der Waals surface area (Å²) in [7, 11) is 1.55. The highest BCUT2D eigenvalue weighted by molar-refractivity contribution is 5.98.